The van der Waals surface area contributed by atoms with Crippen molar-refractivity contribution in [2.45, 2.75) is 6.18 Å². The molecule has 0 atom stereocenters. The highest BCUT2D eigenvalue weighted by molar-refractivity contribution is 5.73. The maximum absolute atomic E-state index is 10.6. The van der Waals surface area contributed by atoms with Gasteiger partial charge in [-0.05, 0) is 0 Å². The van der Waals surface area contributed by atoms with Crippen molar-refractivity contribution in [1.82, 2.24) is 0 Å². The molecule has 0 amide bonds. The van der Waals surface area contributed by atoms with Crippen LogP contribution in [0, 0.1) is 0 Å². The molecule has 1 heterocycles. The lowest BCUT2D eigenvalue weighted by atomic mass is 10.7. The zero-order chi connectivity index (χ0) is 10.3. The number of hydrogen-bond acceptors (Lipinski definition) is 3. The predicted octanol–water partition coefficient (Wildman–Crippen LogP) is 1.19. The zero-order valence-corrected chi connectivity index (χ0v) is 6.28. The van der Waals surface area contributed by atoms with Crippen LogP contribution in [0.2, 0.25) is 0 Å². The Morgan fingerprint density at radius 3 is 2.15 bits per heavy atom. The number of carboxylic acid groups (broad SMARTS) is 1. The van der Waals surface area contributed by atoms with Gasteiger partial charge < -0.3 is 9.84 Å². The van der Waals surface area contributed by atoms with Gasteiger partial charge in [0.05, 0.1) is 6.20 Å². The maximum Gasteiger partial charge on any atom is 0.490 e. The van der Waals surface area contributed by atoms with Gasteiger partial charge in [0.2, 0.25) is 0 Å². The van der Waals surface area contributed by atoms with E-state index in [2.05, 4.69) is 4.99 Å². The predicted molar refractivity (Wildman–Crippen MR) is 37.3 cm³/mol. The van der Waals surface area contributed by atoms with Gasteiger partial charge in [0.25, 0.3) is 0 Å². The van der Waals surface area contributed by atoms with Crippen molar-refractivity contribution in [3.63, 3.8) is 0 Å². The van der Waals surface area contributed by atoms with Crippen LogP contribution in [0.5, 0.6) is 0 Å². The van der Waals surface area contributed by atoms with Gasteiger partial charge in [-0.2, -0.15) is 13.2 Å². The second-order valence-corrected chi connectivity index (χ2v) is 1.75. The monoisotopic (exact) mass is 197 g/mol. The molecule has 0 saturated heterocycles. The van der Waals surface area contributed by atoms with E-state index in [1.165, 1.54) is 0 Å². The minimum atomic E-state index is -5.08. The van der Waals surface area contributed by atoms with Gasteiger partial charge in [0, 0.05) is 6.21 Å². The Kier molecular flexibility index (Phi) is 4.57. The molecule has 1 aliphatic rings. The number of nitrogens with zero attached hydrogens (tertiary/aromatic N) is 1. The van der Waals surface area contributed by atoms with E-state index in [4.69, 9.17) is 14.6 Å². The molecule has 0 radical (unpaired) electrons. The second-order valence-electron chi connectivity index (χ2n) is 1.75. The van der Waals surface area contributed by atoms with Crippen LogP contribution in [-0.4, -0.2) is 30.1 Å². The van der Waals surface area contributed by atoms with Crippen LogP contribution in [0.25, 0.3) is 0 Å². The lowest BCUT2D eigenvalue weighted by Gasteiger charge is -1.94. The minimum absolute atomic E-state index is 0.622. The molecule has 1 rings (SSSR count). The molecule has 1 N–H and O–H groups in total. The molecule has 13 heavy (non-hydrogen) atoms. The summed E-state index contributed by atoms with van der Waals surface area (Å²) in [6.07, 6.45) is -0.191. The van der Waals surface area contributed by atoms with Crippen molar-refractivity contribution in [3.05, 3.63) is 12.5 Å². The molecular formula is C6H6F3NO3. The molecule has 74 valence electrons. The van der Waals surface area contributed by atoms with Crippen molar-refractivity contribution >= 4 is 12.2 Å². The minimum Gasteiger partial charge on any atom is -0.494 e. The summed E-state index contributed by atoms with van der Waals surface area (Å²) in [6, 6.07) is 0. The lowest BCUT2D eigenvalue weighted by molar-refractivity contribution is -0.192. The molecule has 7 heteroatoms. The average molecular weight is 197 g/mol. The Labute approximate surface area is 71.3 Å². The summed E-state index contributed by atoms with van der Waals surface area (Å²) >= 11 is 0. The Morgan fingerprint density at radius 2 is 2.08 bits per heavy atom. The van der Waals surface area contributed by atoms with Crippen LogP contribution >= 0.6 is 0 Å². The summed E-state index contributed by atoms with van der Waals surface area (Å²) in [6.45, 7) is 0.622. The Morgan fingerprint density at radius 1 is 1.54 bits per heavy atom. The van der Waals surface area contributed by atoms with E-state index in [0.717, 1.165) is 0 Å². The Hall–Kier alpha value is -1.53. The smallest absolute Gasteiger partial charge is 0.490 e. The normalized spacial score (nSPS) is 14.1. The van der Waals surface area contributed by atoms with Crippen molar-refractivity contribution in [3.8, 4) is 0 Å². The van der Waals surface area contributed by atoms with Gasteiger partial charge in [0.1, 0.15) is 12.9 Å². The third kappa shape index (κ3) is 6.85. The lowest BCUT2D eigenvalue weighted by Crippen LogP contribution is -2.21. The van der Waals surface area contributed by atoms with Gasteiger partial charge in [-0.15, -0.1) is 0 Å². The molecule has 0 saturated carbocycles. The first-order valence-corrected chi connectivity index (χ1v) is 3.03. The molecule has 0 aromatic heterocycles. The fourth-order valence-corrected chi connectivity index (χ4v) is 0.281. The van der Waals surface area contributed by atoms with Gasteiger partial charge in [-0.3, -0.25) is 4.99 Å². The van der Waals surface area contributed by atoms with E-state index >= 15 is 0 Å². The van der Waals surface area contributed by atoms with Crippen LogP contribution in [0.15, 0.2) is 17.5 Å². The molecular weight excluding hydrogens is 191 g/mol. The third-order valence-corrected chi connectivity index (χ3v) is 0.762. The highest BCUT2D eigenvalue weighted by Crippen LogP contribution is 2.13. The van der Waals surface area contributed by atoms with Crippen LogP contribution in [0.1, 0.15) is 0 Å². The quantitative estimate of drug-likeness (QED) is 0.634. The fraction of sp³-hybridized carbons (Fsp3) is 0.333. The summed E-state index contributed by atoms with van der Waals surface area (Å²) < 4.78 is 36.5. The maximum atomic E-state index is 10.6. The topological polar surface area (TPSA) is 58.9 Å². The summed E-state index contributed by atoms with van der Waals surface area (Å²) in [5.74, 6) is -2.76. The summed E-state index contributed by atoms with van der Waals surface area (Å²) in [7, 11) is 0. The van der Waals surface area contributed by atoms with Gasteiger partial charge >= 0.3 is 12.1 Å². The van der Waals surface area contributed by atoms with Crippen LogP contribution in [0.3, 0.4) is 0 Å². The number of aliphatic carboxylic acids is 1. The first-order chi connectivity index (χ1) is 5.94. The van der Waals surface area contributed by atoms with E-state index in [1.54, 1.807) is 18.7 Å². The van der Waals surface area contributed by atoms with E-state index in [1.807, 2.05) is 0 Å². The number of alkyl halides is 3. The van der Waals surface area contributed by atoms with Crippen LogP contribution in [-0.2, 0) is 9.53 Å². The standard InChI is InChI=1S/C4H5NO.C2HF3O2/c1-3-6-4-2-5-1;3-2(4,5)1(6)7/h1-3H,4H2;(H,6,7). The van der Waals surface area contributed by atoms with Crippen molar-refractivity contribution in [2.75, 3.05) is 6.61 Å². The Balaban J connectivity index is 0.000000223. The molecule has 1 aliphatic heterocycles. The molecule has 4 nitrogen and oxygen atoms in total. The summed E-state index contributed by atoms with van der Waals surface area (Å²) in [5.41, 5.74) is 0. The number of carboxylic acids is 1. The number of carbonyl (C=O) groups is 1. The number of halogens is 3. The molecule has 0 unspecified atom stereocenters. The molecule has 0 aromatic rings. The fourth-order valence-electron chi connectivity index (χ4n) is 0.281. The van der Waals surface area contributed by atoms with E-state index in [0.29, 0.717) is 6.61 Å². The van der Waals surface area contributed by atoms with E-state index in [9.17, 15) is 13.2 Å². The van der Waals surface area contributed by atoms with Gasteiger partial charge in [0.15, 0.2) is 0 Å². The van der Waals surface area contributed by atoms with Crippen LogP contribution in [0.4, 0.5) is 13.2 Å². The van der Waals surface area contributed by atoms with Crippen molar-refractivity contribution < 1.29 is 27.8 Å². The molecule has 0 bridgehead atoms. The van der Waals surface area contributed by atoms with Crippen molar-refractivity contribution in [1.29, 1.82) is 0 Å². The molecule has 0 aromatic carbocycles. The van der Waals surface area contributed by atoms with Gasteiger partial charge in [-0.25, -0.2) is 4.79 Å². The summed E-state index contributed by atoms with van der Waals surface area (Å²) in [4.78, 5) is 12.6. The number of ether oxygens (including phenoxy) is 1. The van der Waals surface area contributed by atoms with Gasteiger partial charge in [-0.1, -0.05) is 0 Å². The summed E-state index contributed by atoms with van der Waals surface area (Å²) in [5, 5.41) is 7.12. The van der Waals surface area contributed by atoms with E-state index in [-0.39, 0.29) is 0 Å². The highest BCUT2D eigenvalue weighted by Gasteiger charge is 2.38. The molecule has 0 fully saturated rings. The second kappa shape index (κ2) is 5.18. The van der Waals surface area contributed by atoms with Crippen molar-refractivity contribution in [2.24, 2.45) is 4.99 Å². The molecule has 0 spiro atoms. The Bertz CT molecular complexity index is 210. The first kappa shape index (κ1) is 11.5. The third-order valence-electron chi connectivity index (χ3n) is 0.762. The largest absolute Gasteiger partial charge is 0.494 e. The highest BCUT2D eigenvalue weighted by atomic mass is 19.4. The van der Waals surface area contributed by atoms with E-state index < -0.39 is 12.1 Å². The first-order valence-electron chi connectivity index (χ1n) is 3.03. The number of hydrogen-bond donors (Lipinski definition) is 1. The molecule has 0 aliphatic carbocycles. The zero-order valence-electron chi connectivity index (χ0n) is 6.28. The SMILES string of the molecule is C1=COCC=N1.O=C(O)C(F)(F)F. The van der Waals surface area contributed by atoms with Crippen LogP contribution < -0.4 is 0 Å². The number of aliphatic imine (C=N–C) groups is 1. The number of rotatable bonds is 0. The average Bonchev–Trinajstić information content (AvgIpc) is 2.07.